The summed E-state index contributed by atoms with van der Waals surface area (Å²) in [5.74, 6) is 0.703. The molecule has 116 valence electrons. The number of nitrogens with zero attached hydrogens (tertiary/aromatic N) is 1. The zero-order chi connectivity index (χ0) is 14.9. The first kappa shape index (κ1) is 15.0. The molecule has 3 rings (SSSR count). The van der Waals surface area contributed by atoms with E-state index in [1.807, 2.05) is 24.3 Å². The fourth-order valence-corrected chi connectivity index (χ4v) is 5.63. The standard InChI is InChI=1S/C16H24N2O2S/c17-11-13-5-7-14(8-6-13)12-21(19,20)18-10-9-15-3-1-2-4-16(15)18/h5-8,15-16H,1-4,9-12,17H2. The van der Waals surface area contributed by atoms with Crippen LogP contribution in [0, 0.1) is 5.92 Å². The molecule has 1 heterocycles. The Hall–Kier alpha value is -0.910. The topological polar surface area (TPSA) is 63.4 Å². The second-order valence-electron chi connectivity index (χ2n) is 6.29. The lowest BCUT2D eigenvalue weighted by Gasteiger charge is -2.31. The predicted octanol–water partition coefficient (Wildman–Crippen LogP) is 2.24. The van der Waals surface area contributed by atoms with E-state index in [1.54, 1.807) is 4.31 Å². The Morgan fingerprint density at radius 1 is 1.05 bits per heavy atom. The van der Waals surface area contributed by atoms with Gasteiger partial charge in [-0.25, -0.2) is 8.42 Å². The molecule has 1 saturated carbocycles. The third-order valence-corrected chi connectivity index (χ3v) is 6.79. The first-order chi connectivity index (χ1) is 10.1. The Morgan fingerprint density at radius 3 is 2.43 bits per heavy atom. The Kier molecular flexibility index (Phi) is 4.33. The van der Waals surface area contributed by atoms with Gasteiger partial charge in [0, 0.05) is 19.1 Å². The van der Waals surface area contributed by atoms with Crippen LogP contribution in [0.1, 0.15) is 43.2 Å². The summed E-state index contributed by atoms with van der Waals surface area (Å²) in [5.41, 5.74) is 7.46. The van der Waals surface area contributed by atoms with E-state index in [2.05, 4.69) is 0 Å². The molecule has 4 nitrogen and oxygen atoms in total. The first-order valence-electron chi connectivity index (χ1n) is 7.87. The molecular weight excluding hydrogens is 284 g/mol. The fraction of sp³-hybridized carbons (Fsp3) is 0.625. The van der Waals surface area contributed by atoms with E-state index in [1.165, 1.54) is 19.3 Å². The highest BCUT2D eigenvalue weighted by Gasteiger charge is 2.41. The molecule has 1 aromatic carbocycles. The number of nitrogens with two attached hydrogens (primary N) is 1. The van der Waals surface area contributed by atoms with E-state index >= 15 is 0 Å². The molecule has 0 aromatic heterocycles. The summed E-state index contributed by atoms with van der Waals surface area (Å²) in [7, 11) is -3.20. The van der Waals surface area contributed by atoms with Gasteiger partial charge in [-0.3, -0.25) is 0 Å². The Balaban J connectivity index is 1.74. The van der Waals surface area contributed by atoms with Crippen LogP contribution in [0.5, 0.6) is 0 Å². The first-order valence-corrected chi connectivity index (χ1v) is 9.48. The number of rotatable bonds is 4. The van der Waals surface area contributed by atoms with Crippen molar-refractivity contribution in [2.24, 2.45) is 11.7 Å². The molecule has 0 radical (unpaired) electrons. The summed E-state index contributed by atoms with van der Waals surface area (Å²) in [6.45, 7) is 1.20. The van der Waals surface area contributed by atoms with Gasteiger partial charge in [0.2, 0.25) is 10.0 Å². The zero-order valence-electron chi connectivity index (χ0n) is 12.4. The van der Waals surface area contributed by atoms with Crippen molar-refractivity contribution in [3.63, 3.8) is 0 Å². The number of hydrogen-bond acceptors (Lipinski definition) is 3. The van der Waals surface area contributed by atoms with E-state index in [9.17, 15) is 8.42 Å². The summed E-state index contributed by atoms with van der Waals surface area (Å²) < 4.78 is 27.2. The molecule has 2 N–H and O–H groups in total. The lowest BCUT2D eigenvalue weighted by atomic mass is 9.86. The second-order valence-corrected chi connectivity index (χ2v) is 8.21. The van der Waals surface area contributed by atoms with Crippen molar-refractivity contribution in [1.29, 1.82) is 0 Å². The SMILES string of the molecule is NCc1ccc(CS(=O)(=O)N2CCC3CCCCC32)cc1. The molecule has 0 amide bonds. The zero-order valence-corrected chi connectivity index (χ0v) is 13.2. The van der Waals surface area contributed by atoms with Gasteiger partial charge in [0.1, 0.15) is 0 Å². The molecule has 1 aliphatic carbocycles. The minimum Gasteiger partial charge on any atom is -0.326 e. The van der Waals surface area contributed by atoms with Crippen molar-refractivity contribution in [3.8, 4) is 0 Å². The maximum atomic E-state index is 12.7. The van der Waals surface area contributed by atoms with Crippen LogP contribution in [0.25, 0.3) is 0 Å². The Bertz CT molecular complexity index is 583. The van der Waals surface area contributed by atoms with E-state index in [0.717, 1.165) is 24.0 Å². The van der Waals surface area contributed by atoms with E-state index in [-0.39, 0.29) is 11.8 Å². The van der Waals surface area contributed by atoms with E-state index in [0.29, 0.717) is 19.0 Å². The molecule has 21 heavy (non-hydrogen) atoms. The highest BCUT2D eigenvalue weighted by molar-refractivity contribution is 7.88. The number of benzene rings is 1. The van der Waals surface area contributed by atoms with Crippen LogP contribution in [-0.2, 0) is 22.3 Å². The van der Waals surface area contributed by atoms with Crippen molar-refractivity contribution in [3.05, 3.63) is 35.4 Å². The number of sulfonamides is 1. The van der Waals surface area contributed by atoms with Gasteiger partial charge in [-0.2, -0.15) is 4.31 Å². The molecule has 2 aliphatic rings. The monoisotopic (exact) mass is 308 g/mol. The van der Waals surface area contributed by atoms with Crippen LogP contribution in [0.2, 0.25) is 0 Å². The van der Waals surface area contributed by atoms with Crippen LogP contribution >= 0.6 is 0 Å². The van der Waals surface area contributed by atoms with Gasteiger partial charge < -0.3 is 5.73 Å². The summed E-state index contributed by atoms with van der Waals surface area (Å²) in [6, 6.07) is 7.85. The molecule has 2 atom stereocenters. The largest absolute Gasteiger partial charge is 0.326 e. The van der Waals surface area contributed by atoms with Crippen LogP contribution in [-0.4, -0.2) is 25.3 Å². The molecule has 1 saturated heterocycles. The lowest BCUT2D eigenvalue weighted by Crippen LogP contribution is -2.39. The van der Waals surface area contributed by atoms with Crippen LogP contribution in [0.3, 0.4) is 0 Å². The highest BCUT2D eigenvalue weighted by Crippen LogP contribution is 2.38. The Morgan fingerprint density at radius 2 is 1.71 bits per heavy atom. The minimum atomic E-state index is -3.20. The molecule has 0 spiro atoms. The van der Waals surface area contributed by atoms with Crippen LogP contribution < -0.4 is 5.73 Å². The van der Waals surface area contributed by atoms with E-state index in [4.69, 9.17) is 5.73 Å². The Labute approximate surface area is 127 Å². The van der Waals surface area contributed by atoms with Gasteiger partial charge in [0.25, 0.3) is 0 Å². The van der Waals surface area contributed by atoms with Crippen LogP contribution in [0.4, 0.5) is 0 Å². The number of fused-ring (bicyclic) bond motifs is 1. The maximum absolute atomic E-state index is 12.7. The van der Waals surface area contributed by atoms with Crippen molar-refractivity contribution in [2.45, 2.75) is 50.4 Å². The molecule has 2 fully saturated rings. The summed E-state index contributed by atoms with van der Waals surface area (Å²) in [4.78, 5) is 0. The van der Waals surface area contributed by atoms with Crippen molar-refractivity contribution in [2.75, 3.05) is 6.54 Å². The molecular formula is C16H24N2O2S. The molecule has 5 heteroatoms. The molecule has 0 bridgehead atoms. The third kappa shape index (κ3) is 3.15. The van der Waals surface area contributed by atoms with Crippen molar-refractivity contribution >= 4 is 10.0 Å². The minimum absolute atomic E-state index is 0.112. The maximum Gasteiger partial charge on any atom is 0.218 e. The highest BCUT2D eigenvalue weighted by atomic mass is 32.2. The number of hydrogen-bond donors (Lipinski definition) is 1. The summed E-state index contributed by atoms with van der Waals surface area (Å²) in [5, 5.41) is 0. The molecule has 1 aliphatic heterocycles. The predicted molar refractivity (Wildman–Crippen MR) is 84.0 cm³/mol. The quantitative estimate of drug-likeness (QED) is 0.928. The van der Waals surface area contributed by atoms with Gasteiger partial charge in [0.15, 0.2) is 0 Å². The van der Waals surface area contributed by atoms with Gasteiger partial charge >= 0.3 is 0 Å². The smallest absolute Gasteiger partial charge is 0.218 e. The molecule has 2 unspecified atom stereocenters. The van der Waals surface area contributed by atoms with E-state index < -0.39 is 10.0 Å². The molecule has 1 aromatic rings. The van der Waals surface area contributed by atoms with Gasteiger partial charge in [-0.15, -0.1) is 0 Å². The average Bonchev–Trinajstić information content (AvgIpc) is 2.92. The summed E-state index contributed by atoms with van der Waals surface area (Å²) in [6.07, 6.45) is 5.70. The van der Waals surface area contributed by atoms with Gasteiger partial charge in [0.05, 0.1) is 5.75 Å². The van der Waals surface area contributed by atoms with Crippen LogP contribution in [0.15, 0.2) is 24.3 Å². The normalized spacial score (nSPS) is 26.7. The lowest BCUT2D eigenvalue weighted by molar-refractivity contribution is 0.260. The van der Waals surface area contributed by atoms with Gasteiger partial charge in [-0.1, -0.05) is 37.1 Å². The van der Waals surface area contributed by atoms with Gasteiger partial charge in [-0.05, 0) is 36.3 Å². The fourth-order valence-electron chi connectivity index (χ4n) is 3.77. The summed E-state index contributed by atoms with van der Waals surface area (Å²) >= 11 is 0. The van der Waals surface area contributed by atoms with Crippen molar-refractivity contribution in [1.82, 2.24) is 4.31 Å². The second kappa shape index (κ2) is 6.07. The van der Waals surface area contributed by atoms with Crippen molar-refractivity contribution < 1.29 is 8.42 Å². The average molecular weight is 308 g/mol. The third-order valence-electron chi connectivity index (χ3n) is 4.92.